The highest BCUT2D eigenvalue weighted by Gasteiger charge is 2.34. The quantitative estimate of drug-likeness (QED) is 0.865. The van der Waals surface area contributed by atoms with Crippen molar-refractivity contribution in [2.24, 2.45) is 0 Å². The van der Waals surface area contributed by atoms with Gasteiger partial charge in [0.1, 0.15) is 11.6 Å². The summed E-state index contributed by atoms with van der Waals surface area (Å²) in [5.74, 6) is -2.16. The van der Waals surface area contributed by atoms with Crippen molar-refractivity contribution >= 4 is 11.6 Å². The van der Waals surface area contributed by atoms with Crippen LogP contribution in [-0.2, 0) is 6.18 Å². The second-order valence-electron chi connectivity index (χ2n) is 3.59. The second-order valence-corrected chi connectivity index (χ2v) is 3.97. The molecule has 0 aliphatic carbocycles. The molecule has 1 aromatic carbocycles. The van der Waals surface area contributed by atoms with E-state index in [4.69, 9.17) is 16.3 Å². The predicted octanol–water partition coefficient (Wildman–Crippen LogP) is 3.37. The van der Waals surface area contributed by atoms with Crippen LogP contribution in [0.3, 0.4) is 0 Å². The fourth-order valence-corrected chi connectivity index (χ4v) is 1.48. The van der Waals surface area contributed by atoms with Gasteiger partial charge in [-0.1, -0.05) is 11.6 Å². The molecule has 0 fully saturated rings. The molecule has 2 rings (SSSR count). The van der Waals surface area contributed by atoms with Crippen molar-refractivity contribution in [3.63, 3.8) is 0 Å². The Bertz CT molecular complexity index is 700. The van der Waals surface area contributed by atoms with E-state index in [9.17, 15) is 22.4 Å². The number of benzene rings is 1. The molecule has 1 aromatic heterocycles. The third-order valence-electron chi connectivity index (χ3n) is 2.22. The number of hydrogen-bond donors (Lipinski definition) is 1. The molecular weight excluding hydrogens is 304 g/mol. The first kappa shape index (κ1) is 14.3. The smallest absolute Gasteiger partial charge is 0.419 e. The van der Waals surface area contributed by atoms with Gasteiger partial charge in [-0.2, -0.15) is 13.2 Å². The predicted molar refractivity (Wildman–Crippen MR) is 61.3 cm³/mol. The summed E-state index contributed by atoms with van der Waals surface area (Å²) in [6, 6.07) is 2.01. The van der Waals surface area contributed by atoms with Crippen LogP contribution in [-0.4, -0.2) is 9.97 Å². The van der Waals surface area contributed by atoms with Gasteiger partial charge in [0.15, 0.2) is 5.02 Å². The van der Waals surface area contributed by atoms with E-state index in [2.05, 4.69) is 9.97 Å². The number of halogens is 5. The van der Waals surface area contributed by atoms with E-state index in [0.717, 1.165) is 12.4 Å². The largest absolute Gasteiger partial charge is 0.437 e. The first-order valence-corrected chi connectivity index (χ1v) is 5.44. The summed E-state index contributed by atoms with van der Waals surface area (Å²) in [6.07, 6.45) is -3.90. The maximum absolute atomic E-state index is 13.1. The molecule has 9 heteroatoms. The summed E-state index contributed by atoms with van der Waals surface area (Å²) in [4.78, 5) is 16.9. The molecule has 0 saturated carbocycles. The monoisotopic (exact) mass is 308 g/mol. The van der Waals surface area contributed by atoms with Crippen LogP contribution in [0.2, 0.25) is 5.02 Å². The molecule has 0 aliphatic heterocycles. The Morgan fingerprint density at radius 1 is 1.30 bits per heavy atom. The lowest BCUT2D eigenvalue weighted by Crippen LogP contribution is -2.09. The lowest BCUT2D eigenvalue weighted by Gasteiger charge is -2.10. The number of hydrogen-bond acceptors (Lipinski definition) is 3. The van der Waals surface area contributed by atoms with Gasteiger partial charge >= 0.3 is 6.18 Å². The maximum atomic E-state index is 13.1. The van der Waals surface area contributed by atoms with Gasteiger partial charge in [-0.15, -0.1) is 0 Å². The van der Waals surface area contributed by atoms with E-state index in [0.29, 0.717) is 12.1 Å². The molecular formula is C11H5ClF4N2O2. The Labute approximate surface area is 114 Å². The third kappa shape index (κ3) is 2.90. The number of nitrogens with zero attached hydrogens (tertiary/aromatic N) is 1. The highest BCUT2D eigenvalue weighted by molar-refractivity contribution is 6.31. The summed E-state index contributed by atoms with van der Waals surface area (Å²) in [6.45, 7) is 0. The molecule has 0 atom stereocenters. The number of H-pyrrole nitrogens is 1. The van der Waals surface area contributed by atoms with Crippen molar-refractivity contribution in [1.29, 1.82) is 0 Å². The first-order valence-electron chi connectivity index (χ1n) is 5.07. The molecule has 20 heavy (non-hydrogen) atoms. The van der Waals surface area contributed by atoms with Crippen LogP contribution >= 0.6 is 11.6 Å². The maximum Gasteiger partial charge on any atom is 0.419 e. The molecule has 0 saturated heterocycles. The summed E-state index contributed by atoms with van der Waals surface area (Å²) < 4.78 is 55.6. The number of aromatic amines is 1. The highest BCUT2D eigenvalue weighted by atomic mass is 35.5. The molecule has 0 bridgehead atoms. The van der Waals surface area contributed by atoms with Crippen molar-refractivity contribution in [2.45, 2.75) is 6.18 Å². The van der Waals surface area contributed by atoms with E-state index in [1.165, 1.54) is 0 Å². The third-order valence-corrected chi connectivity index (χ3v) is 2.56. The number of nitrogens with one attached hydrogen (secondary N) is 1. The average Bonchev–Trinajstić information content (AvgIpc) is 2.36. The molecule has 106 valence electrons. The van der Waals surface area contributed by atoms with Crippen LogP contribution in [0.1, 0.15) is 5.56 Å². The van der Waals surface area contributed by atoms with Gasteiger partial charge in [-0.3, -0.25) is 4.79 Å². The number of aromatic nitrogens is 2. The van der Waals surface area contributed by atoms with Crippen molar-refractivity contribution in [1.82, 2.24) is 9.97 Å². The second kappa shape index (κ2) is 5.12. The van der Waals surface area contributed by atoms with Crippen LogP contribution in [0, 0.1) is 5.82 Å². The minimum atomic E-state index is -4.87. The minimum Gasteiger partial charge on any atom is -0.437 e. The Morgan fingerprint density at radius 2 is 2.00 bits per heavy atom. The molecule has 1 N–H and O–H groups in total. The van der Waals surface area contributed by atoms with Crippen molar-refractivity contribution in [2.75, 3.05) is 0 Å². The van der Waals surface area contributed by atoms with Gasteiger partial charge in [0.25, 0.3) is 5.56 Å². The Kier molecular flexibility index (Phi) is 3.67. The number of ether oxygens (including phenoxy) is 1. The molecule has 0 aliphatic rings. The minimum absolute atomic E-state index is 0.348. The van der Waals surface area contributed by atoms with E-state index in [-0.39, 0.29) is 11.6 Å². The average molecular weight is 309 g/mol. The van der Waals surface area contributed by atoms with E-state index < -0.39 is 28.1 Å². The van der Waals surface area contributed by atoms with Crippen LogP contribution in [0.15, 0.2) is 29.3 Å². The topological polar surface area (TPSA) is 55.0 Å². The Morgan fingerprint density at radius 3 is 2.65 bits per heavy atom. The zero-order chi connectivity index (χ0) is 14.9. The van der Waals surface area contributed by atoms with Gasteiger partial charge in [-0.25, -0.2) is 9.37 Å². The van der Waals surface area contributed by atoms with Gasteiger partial charge in [0.2, 0.25) is 5.88 Å². The zero-order valence-electron chi connectivity index (χ0n) is 9.46. The highest BCUT2D eigenvalue weighted by Crippen LogP contribution is 2.35. The summed E-state index contributed by atoms with van der Waals surface area (Å²) in [5, 5.41) is -0.426. The Hall–Kier alpha value is -2.09. The van der Waals surface area contributed by atoms with E-state index in [1.54, 1.807) is 0 Å². The van der Waals surface area contributed by atoms with Crippen LogP contribution in [0.25, 0.3) is 0 Å². The summed E-state index contributed by atoms with van der Waals surface area (Å²) >= 11 is 5.58. The van der Waals surface area contributed by atoms with Gasteiger partial charge < -0.3 is 9.72 Å². The molecule has 0 spiro atoms. The normalized spacial score (nSPS) is 11.4. The van der Waals surface area contributed by atoms with E-state index in [1.807, 2.05) is 0 Å². The number of rotatable bonds is 2. The van der Waals surface area contributed by atoms with Gasteiger partial charge in [0, 0.05) is 0 Å². The lowest BCUT2D eigenvalue weighted by atomic mass is 10.2. The van der Waals surface area contributed by atoms with Gasteiger partial charge in [0.05, 0.1) is 11.9 Å². The molecule has 0 unspecified atom stereocenters. The van der Waals surface area contributed by atoms with Crippen molar-refractivity contribution in [3.8, 4) is 11.6 Å². The lowest BCUT2D eigenvalue weighted by molar-refractivity contribution is -0.140. The molecule has 4 nitrogen and oxygen atoms in total. The standard InChI is InChI=1S/C11H5ClF4N2O2/c12-8-9(19)17-4-18-10(8)20-5-1-2-7(13)6(3-5)11(14,15)16/h1-4H,(H,17,18,19). The fourth-order valence-electron chi connectivity index (χ4n) is 1.33. The van der Waals surface area contributed by atoms with Gasteiger partial charge in [-0.05, 0) is 18.2 Å². The summed E-state index contributed by atoms with van der Waals surface area (Å²) in [7, 11) is 0. The van der Waals surface area contributed by atoms with Crippen molar-refractivity contribution < 1.29 is 22.3 Å². The first-order chi connectivity index (χ1) is 9.29. The van der Waals surface area contributed by atoms with Crippen LogP contribution < -0.4 is 10.3 Å². The van der Waals surface area contributed by atoms with Crippen LogP contribution in [0.5, 0.6) is 11.6 Å². The Balaban J connectivity index is 2.40. The molecule has 0 radical (unpaired) electrons. The summed E-state index contributed by atoms with van der Waals surface area (Å²) in [5.41, 5.74) is -2.20. The zero-order valence-corrected chi connectivity index (χ0v) is 10.2. The van der Waals surface area contributed by atoms with Crippen LogP contribution in [0.4, 0.5) is 17.6 Å². The SMILES string of the molecule is O=c1[nH]cnc(Oc2ccc(F)c(C(F)(F)F)c2)c1Cl. The molecule has 2 aromatic rings. The van der Waals surface area contributed by atoms with Crippen molar-refractivity contribution in [3.05, 3.63) is 51.3 Å². The fraction of sp³-hybridized carbons (Fsp3) is 0.0909. The van der Waals surface area contributed by atoms with E-state index >= 15 is 0 Å². The molecule has 0 amide bonds. The molecule has 1 heterocycles. The number of alkyl halides is 3.